The lowest BCUT2D eigenvalue weighted by Crippen LogP contribution is -2.35. The van der Waals surface area contributed by atoms with Gasteiger partial charge in [-0.3, -0.25) is 0 Å². The van der Waals surface area contributed by atoms with Gasteiger partial charge in [0, 0.05) is 6.26 Å². The molecule has 0 spiro atoms. The predicted octanol–water partition coefficient (Wildman–Crippen LogP) is 2.01. The second-order valence-corrected chi connectivity index (χ2v) is 7.06. The van der Waals surface area contributed by atoms with Gasteiger partial charge in [-0.1, -0.05) is 12.8 Å². The maximum Gasteiger partial charge on any atom is 0.150 e. The van der Waals surface area contributed by atoms with Crippen molar-refractivity contribution in [1.82, 2.24) is 0 Å². The van der Waals surface area contributed by atoms with Gasteiger partial charge in [-0.25, -0.2) is 8.42 Å². The average Bonchev–Trinajstić information content (AvgIpc) is 2.13. The minimum Gasteiger partial charge on any atom is -0.378 e. The van der Waals surface area contributed by atoms with E-state index in [1.54, 1.807) is 0 Å². The molecule has 0 heterocycles. The second-order valence-electron chi connectivity index (χ2n) is 4.79. The Hall–Kier alpha value is -0.0900. The highest BCUT2D eigenvalue weighted by atomic mass is 32.2. The maximum absolute atomic E-state index is 11.6. The van der Waals surface area contributed by atoms with Crippen LogP contribution in [0.25, 0.3) is 0 Å². The Morgan fingerprint density at radius 1 is 1.27 bits per heavy atom. The van der Waals surface area contributed by atoms with E-state index in [1.807, 2.05) is 13.8 Å². The zero-order valence-electron chi connectivity index (χ0n) is 9.90. The van der Waals surface area contributed by atoms with Gasteiger partial charge < -0.3 is 4.74 Å². The van der Waals surface area contributed by atoms with E-state index in [0.717, 1.165) is 25.7 Å². The molecule has 0 radical (unpaired) electrons. The van der Waals surface area contributed by atoms with Crippen molar-refractivity contribution in [3.8, 4) is 0 Å². The lowest BCUT2D eigenvalue weighted by Gasteiger charge is -2.30. The van der Waals surface area contributed by atoms with Gasteiger partial charge in [-0.2, -0.15) is 0 Å². The van der Waals surface area contributed by atoms with Crippen LogP contribution >= 0.6 is 0 Å². The van der Waals surface area contributed by atoms with E-state index in [-0.39, 0.29) is 17.3 Å². The average molecular weight is 234 g/mol. The van der Waals surface area contributed by atoms with Gasteiger partial charge in [0.25, 0.3) is 0 Å². The molecule has 4 heteroatoms. The number of hydrogen-bond donors (Lipinski definition) is 0. The SMILES string of the molecule is CC(C)OC[C@@H]1CCCC[C@H]1S(C)(=O)=O. The van der Waals surface area contributed by atoms with Crippen molar-refractivity contribution in [1.29, 1.82) is 0 Å². The summed E-state index contributed by atoms with van der Waals surface area (Å²) in [6.45, 7) is 4.56. The second kappa shape index (κ2) is 5.30. The smallest absolute Gasteiger partial charge is 0.150 e. The van der Waals surface area contributed by atoms with E-state index in [9.17, 15) is 8.42 Å². The summed E-state index contributed by atoms with van der Waals surface area (Å²) < 4.78 is 28.7. The summed E-state index contributed by atoms with van der Waals surface area (Å²) in [6, 6.07) is 0. The fourth-order valence-electron chi connectivity index (χ4n) is 2.24. The molecule has 0 amide bonds. The zero-order chi connectivity index (χ0) is 11.5. The normalized spacial score (nSPS) is 28.3. The zero-order valence-corrected chi connectivity index (χ0v) is 10.7. The topological polar surface area (TPSA) is 43.4 Å². The van der Waals surface area contributed by atoms with Crippen LogP contribution in [0, 0.1) is 5.92 Å². The Bertz CT molecular complexity index is 282. The summed E-state index contributed by atoms with van der Waals surface area (Å²) in [4.78, 5) is 0. The van der Waals surface area contributed by atoms with E-state index in [4.69, 9.17) is 4.74 Å². The summed E-state index contributed by atoms with van der Waals surface area (Å²) >= 11 is 0. The molecule has 1 aliphatic carbocycles. The number of sulfone groups is 1. The van der Waals surface area contributed by atoms with Gasteiger partial charge in [-0.15, -0.1) is 0 Å². The van der Waals surface area contributed by atoms with Crippen molar-refractivity contribution in [3.63, 3.8) is 0 Å². The Labute approximate surface area is 93.1 Å². The molecular formula is C11H22O3S. The molecule has 1 aliphatic rings. The van der Waals surface area contributed by atoms with Crippen molar-refractivity contribution >= 4 is 9.84 Å². The van der Waals surface area contributed by atoms with Crippen LogP contribution in [0.4, 0.5) is 0 Å². The quantitative estimate of drug-likeness (QED) is 0.747. The summed E-state index contributed by atoms with van der Waals surface area (Å²) in [5.74, 6) is 0.205. The predicted molar refractivity (Wildman–Crippen MR) is 61.7 cm³/mol. The fourth-order valence-corrected chi connectivity index (χ4v) is 3.75. The summed E-state index contributed by atoms with van der Waals surface area (Å²) in [7, 11) is -2.90. The van der Waals surface area contributed by atoms with Crippen LogP contribution in [0.5, 0.6) is 0 Å². The molecule has 0 unspecified atom stereocenters. The maximum atomic E-state index is 11.6. The molecule has 0 saturated heterocycles. The molecule has 0 bridgehead atoms. The Morgan fingerprint density at radius 3 is 2.40 bits per heavy atom. The van der Waals surface area contributed by atoms with E-state index < -0.39 is 9.84 Å². The molecule has 1 fully saturated rings. The third kappa shape index (κ3) is 4.11. The number of ether oxygens (including phenoxy) is 1. The lowest BCUT2D eigenvalue weighted by molar-refractivity contribution is 0.0424. The number of hydrogen-bond acceptors (Lipinski definition) is 3. The first-order valence-electron chi connectivity index (χ1n) is 5.71. The van der Waals surface area contributed by atoms with Crippen LogP contribution in [0.3, 0.4) is 0 Å². The van der Waals surface area contributed by atoms with Crippen LogP contribution in [0.2, 0.25) is 0 Å². The molecule has 1 saturated carbocycles. The third-order valence-corrected chi connectivity index (χ3v) is 4.75. The Balaban J connectivity index is 2.58. The highest BCUT2D eigenvalue weighted by molar-refractivity contribution is 7.91. The van der Waals surface area contributed by atoms with Gasteiger partial charge in [0.2, 0.25) is 0 Å². The summed E-state index contributed by atoms with van der Waals surface area (Å²) in [5.41, 5.74) is 0. The Morgan fingerprint density at radius 2 is 1.87 bits per heavy atom. The van der Waals surface area contributed by atoms with Crippen molar-refractivity contribution in [2.24, 2.45) is 5.92 Å². The largest absolute Gasteiger partial charge is 0.378 e. The van der Waals surface area contributed by atoms with Gasteiger partial charge in [-0.05, 0) is 32.6 Å². The minimum atomic E-state index is -2.90. The summed E-state index contributed by atoms with van der Waals surface area (Å²) in [6.07, 6.45) is 5.52. The number of rotatable bonds is 4. The molecule has 90 valence electrons. The van der Waals surface area contributed by atoms with E-state index in [0.29, 0.717) is 6.61 Å². The molecule has 0 aromatic rings. The molecule has 3 nitrogen and oxygen atoms in total. The monoisotopic (exact) mass is 234 g/mol. The van der Waals surface area contributed by atoms with Crippen LogP contribution < -0.4 is 0 Å². The first kappa shape index (κ1) is 13.0. The molecule has 15 heavy (non-hydrogen) atoms. The van der Waals surface area contributed by atoms with E-state index >= 15 is 0 Å². The highest BCUT2D eigenvalue weighted by Crippen LogP contribution is 2.29. The highest BCUT2D eigenvalue weighted by Gasteiger charge is 2.32. The van der Waals surface area contributed by atoms with Crippen LogP contribution in [-0.2, 0) is 14.6 Å². The molecule has 2 atom stereocenters. The molecule has 0 aromatic carbocycles. The van der Waals surface area contributed by atoms with Crippen molar-refractivity contribution < 1.29 is 13.2 Å². The molecular weight excluding hydrogens is 212 g/mol. The van der Waals surface area contributed by atoms with Crippen molar-refractivity contribution in [2.75, 3.05) is 12.9 Å². The van der Waals surface area contributed by atoms with E-state index in [2.05, 4.69) is 0 Å². The van der Waals surface area contributed by atoms with Crippen LogP contribution in [0.15, 0.2) is 0 Å². The fraction of sp³-hybridized carbons (Fsp3) is 1.00. The molecule has 0 N–H and O–H groups in total. The van der Waals surface area contributed by atoms with E-state index in [1.165, 1.54) is 6.26 Å². The van der Waals surface area contributed by atoms with Gasteiger partial charge in [0.15, 0.2) is 9.84 Å². The minimum absolute atomic E-state index is 0.176. The third-order valence-electron chi connectivity index (χ3n) is 3.03. The molecule has 1 rings (SSSR count). The lowest BCUT2D eigenvalue weighted by atomic mass is 9.89. The molecule has 0 aromatic heterocycles. The first-order chi connectivity index (χ1) is 6.91. The van der Waals surface area contributed by atoms with Crippen LogP contribution in [0.1, 0.15) is 39.5 Å². The molecule has 0 aliphatic heterocycles. The van der Waals surface area contributed by atoms with Gasteiger partial charge >= 0.3 is 0 Å². The first-order valence-corrected chi connectivity index (χ1v) is 7.67. The van der Waals surface area contributed by atoms with Crippen LogP contribution in [-0.4, -0.2) is 32.6 Å². The summed E-state index contributed by atoms with van der Waals surface area (Å²) in [5, 5.41) is -0.176. The standard InChI is InChI=1S/C11H22O3S/c1-9(2)14-8-10-6-4-5-7-11(10)15(3,12)13/h9-11H,4-8H2,1-3H3/t10-,11+/m0/s1. The Kier molecular flexibility index (Phi) is 4.59. The van der Waals surface area contributed by atoms with Crippen molar-refractivity contribution in [3.05, 3.63) is 0 Å². The van der Waals surface area contributed by atoms with Gasteiger partial charge in [0.05, 0.1) is 18.0 Å². The van der Waals surface area contributed by atoms with Crippen molar-refractivity contribution in [2.45, 2.75) is 50.9 Å². The van der Waals surface area contributed by atoms with Gasteiger partial charge in [0.1, 0.15) is 0 Å².